The van der Waals surface area contributed by atoms with Gasteiger partial charge in [0.05, 0.1) is 19.6 Å². The van der Waals surface area contributed by atoms with Crippen molar-refractivity contribution >= 4 is 26.2 Å². The van der Waals surface area contributed by atoms with Gasteiger partial charge in [-0.05, 0) is 73.3 Å². The normalized spacial score (nSPS) is 19.5. The van der Waals surface area contributed by atoms with Crippen molar-refractivity contribution in [2.45, 2.75) is 198 Å². The summed E-state index contributed by atoms with van der Waals surface area (Å²) in [6.45, 7) is 13.1. The molecule has 354 valence electrons. The van der Waals surface area contributed by atoms with E-state index in [0.717, 1.165) is 48.8 Å². The maximum atomic E-state index is 14.2. The zero-order valence-electron chi connectivity index (χ0n) is 39.8. The van der Waals surface area contributed by atoms with E-state index in [1.165, 1.54) is 32.1 Å². The molecule has 0 spiro atoms. The second-order valence-corrected chi connectivity index (χ2v) is 23.9. The van der Waals surface area contributed by atoms with E-state index in [1.54, 1.807) is 0 Å². The first-order valence-corrected chi connectivity index (χ1v) is 27.1. The van der Waals surface area contributed by atoms with Crippen LogP contribution in [0.25, 0.3) is 0 Å². The van der Waals surface area contributed by atoms with Crippen LogP contribution in [0.2, 0.25) is 18.1 Å². The molecule has 3 aromatic rings. The quantitative estimate of drug-likeness (QED) is 0.0397. The van der Waals surface area contributed by atoms with Crippen molar-refractivity contribution in [3.05, 3.63) is 108 Å². The number of benzene rings is 3. The van der Waals surface area contributed by atoms with E-state index in [-0.39, 0.29) is 43.5 Å². The van der Waals surface area contributed by atoms with Gasteiger partial charge in [0, 0.05) is 12.8 Å². The molecule has 1 aliphatic heterocycles. The van der Waals surface area contributed by atoms with Crippen LogP contribution in [0.1, 0.15) is 141 Å². The van der Waals surface area contributed by atoms with E-state index < -0.39 is 56.9 Å². The van der Waals surface area contributed by atoms with Gasteiger partial charge in [-0.1, -0.05) is 170 Å². The van der Waals surface area contributed by atoms with Crippen LogP contribution in [0.4, 0.5) is 0 Å². The number of rotatable bonds is 29. The van der Waals surface area contributed by atoms with Crippen molar-refractivity contribution in [1.82, 2.24) is 5.32 Å². The Hall–Kier alpha value is -3.87. The molecule has 1 heterocycles. The first-order chi connectivity index (χ1) is 30.8. The third-order valence-corrected chi connectivity index (χ3v) is 17.2. The van der Waals surface area contributed by atoms with Crippen molar-refractivity contribution in [2.24, 2.45) is 0 Å². The lowest BCUT2D eigenvalue weighted by Crippen LogP contribution is -2.66. The number of nitrogens with one attached hydrogen (secondary N) is 1. The predicted octanol–water partition coefficient (Wildman–Crippen LogP) is 11.0. The van der Waals surface area contributed by atoms with Crippen LogP contribution in [0.5, 0.6) is 0 Å². The number of ether oxygens (including phenoxy) is 4. The van der Waals surface area contributed by atoms with Gasteiger partial charge in [0.2, 0.25) is 5.91 Å². The Morgan fingerprint density at radius 3 is 1.78 bits per heavy atom. The number of carbonyl (C=O) groups excluding carboxylic acids is 3. The first-order valence-electron chi connectivity index (χ1n) is 24.1. The summed E-state index contributed by atoms with van der Waals surface area (Å²) < 4.78 is 31.7. The van der Waals surface area contributed by atoms with Gasteiger partial charge in [0.1, 0.15) is 24.4 Å². The molecule has 1 saturated heterocycles. The van der Waals surface area contributed by atoms with Crippen molar-refractivity contribution in [2.75, 3.05) is 6.61 Å². The lowest BCUT2D eigenvalue weighted by Gasteiger charge is -2.45. The maximum absolute atomic E-state index is 14.2. The van der Waals surface area contributed by atoms with Gasteiger partial charge < -0.3 is 33.8 Å². The van der Waals surface area contributed by atoms with E-state index in [4.69, 9.17) is 23.4 Å². The average Bonchev–Trinajstić information content (AvgIpc) is 3.27. The summed E-state index contributed by atoms with van der Waals surface area (Å²) in [6, 6.07) is 28.5. The summed E-state index contributed by atoms with van der Waals surface area (Å²) in [4.78, 5) is 41.2. The molecule has 0 aromatic heterocycles. The summed E-state index contributed by atoms with van der Waals surface area (Å²) in [6.07, 6.45) is 8.45. The zero-order valence-corrected chi connectivity index (χ0v) is 40.8. The van der Waals surface area contributed by atoms with Gasteiger partial charge >= 0.3 is 11.9 Å². The molecule has 11 heteroatoms. The Morgan fingerprint density at radius 2 is 1.23 bits per heavy atom. The Morgan fingerprint density at radius 1 is 0.719 bits per heavy atom. The third-order valence-electron chi connectivity index (χ3n) is 12.7. The Bertz CT molecular complexity index is 1750. The smallest absolute Gasteiger partial charge is 0.306 e. The molecule has 10 nitrogen and oxygen atoms in total. The van der Waals surface area contributed by atoms with Crippen LogP contribution in [0, 0.1) is 0 Å². The Balaban J connectivity index is 1.52. The molecule has 0 aliphatic carbocycles. The summed E-state index contributed by atoms with van der Waals surface area (Å²) >= 11 is 0. The minimum Gasteiger partial charge on any atom is -0.462 e. The van der Waals surface area contributed by atoms with Crippen molar-refractivity contribution in [3.63, 3.8) is 0 Å². The minimum absolute atomic E-state index is 0.0482. The first kappa shape index (κ1) is 52.7. The molecule has 6 atom stereocenters. The molecule has 0 bridgehead atoms. The number of esters is 2. The van der Waals surface area contributed by atoms with Crippen LogP contribution >= 0.6 is 0 Å². The molecule has 2 N–H and O–H groups in total. The highest BCUT2D eigenvalue weighted by atomic mass is 28.4. The predicted molar refractivity (Wildman–Crippen MR) is 256 cm³/mol. The van der Waals surface area contributed by atoms with E-state index in [0.29, 0.717) is 25.7 Å². The molecule has 0 saturated carbocycles. The van der Waals surface area contributed by atoms with Gasteiger partial charge in [-0.2, -0.15) is 0 Å². The highest BCUT2D eigenvalue weighted by Crippen LogP contribution is 2.37. The van der Waals surface area contributed by atoms with Gasteiger partial charge in [-0.15, -0.1) is 0 Å². The Labute approximate surface area is 385 Å². The SMILES string of the molecule is CCCCCCCCCCC[C@H](CC(=O)N[C@H]1C(OCc2ccccc2)O[C@H](CO[Si](C)(C)C(C)(C)C)[C@@H](O)[C@@H]1OC(=O)CCCc1ccccc1)OC(=O)CCCc1ccccc1. The molecule has 1 unspecified atom stereocenters. The second kappa shape index (κ2) is 28.2. The number of unbranched alkanes of at least 4 members (excludes halogenated alkanes) is 8. The largest absolute Gasteiger partial charge is 0.462 e. The molecular formula is C53H79NO9Si. The standard InChI is InChI=1S/C53H79NO9Si/c1-7-8-9-10-11-12-13-14-24-35-44(61-47(56)36-25-33-41-27-18-15-19-28-41)38-46(55)54-49-51(63-48(57)37-26-34-42-29-20-16-21-30-42)50(58)45(40-60-64(5,6)53(2,3)4)62-52(49)59-39-43-31-22-17-23-32-43/h15-23,27-32,44-45,49-52,58H,7-14,24-26,33-40H2,1-6H3,(H,54,55)/t44-,45-,49-,50-,51-,52?/m1/s1. The minimum atomic E-state index is -2.29. The van der Waals surface area contributed by atoms with Gasteiger partial charge in [0.15, 0.2) is 20.7 Å². The van der Waals surface area contributed by atoms with Crippen LogP contribution in [0.3, 0.4) is 0 Å². The number of carbonyl (C=O) groups is 3. The summed E-state index contributed by atoms with van der Waals surface area (Å²) in [5.41, 5.74) is 3.14. The van der Waals surface area contributed by atoms with E-state index in [1.807, 2.05) is 91.0 Å². The number of aliphatic hydroxyl groups is 1. The molecule has 3 aromatic carbocycles. The summed E-state index contributed by atoms with van der Waals surface area (Å²) in [7, 11) is -2.29. The number of hydrogen-bond acceptors (Lipinski definition) is 9. The second-order valence-electron chi connectivity index (χ2n) is 19.1. The molecule has 1 amide bonds. The molecule has 64 heavy (non-hydrogen) atoms. The average molecular weight is 902 g/mol. The third kappa shape index (κ3) is 19.3. The topological polar surface area (TPSA) is 130 Å². The fourth-order valence-electron chi connectivity index (χ4n) is 7.71. The van der Waals surface area contributed by atoms with Gasteiger partial charge in [0.25, 0.3) is 0 Å². The fraction of sp³-hybridized carbons (Fsp3) is 0.604. The van der Waals surface area contributed by atoms with E-state index in [2.05, 4.69) is 46.1 Å². The fourth-order valence-corrected chi connectivity index (χ4v) is 8.72. The molecule has 1 aliphatic rings. The van der Waals surface area contributed by atoms with E-state index in [9.17, 15) is 19.5 Å². The highest BCUT2D eigenvalue weighted by Gasteiger charge is 2.50. The molecular weight excluding hydrogens is 823 g/mol. The van der Waals surface area contributed by atoms with Crippen molar-refractivity contribution < 1.29 is 42.9 Å². The van der Waals surface area contributed by atoms with E-state index >= 15 is 0 Å². The number of aliphatic hydroxyl groups excluding tert-OH is 1. The van der Waals surface area contributed by atoms with Crippen LogP contribution in [-0.2, 0) is 57.2 Å². The highest BCUT2D eigenvalue weighted by molar-refractivity contribution is 6.74. The van der Waals surface area contributed by atoms with Crippen LogP contribution in [-0.4, -0.2) is 74.6 Å². The molecule has 4 rings (SSSR count). The lowest BCUT2D eigenvalue weighted by molar-refractivity contribution is -0.276. The molecule has 0 radical (unpaired) electrons. The van der Waals surface area contributed by atoms with Crippen LogP contribution in [0.15, 0.2) is 91.0 Å². The number of hydrogen-bond donors (Lipinski definition) is 2. The van der Waals surface area contributed by atoms with Crippen LogP contribution < -0.4 is 5.32 Å². The summed E-state index contributed by atoms with van der Waals surface area (Å²) in [5, 5.41) is 15.0. The summed E-state index contributed by atoms with van der Waals surface area (Å²) in [5.74, 6) is -1.26. The number of aryl methyl sites for hydroxylation is 2. The van der Waals surface area contributed by atoms with Crippen molar-refractivity contribution in [3.8, 4) is 0 Å². The molecule has 1 fully saturated rings. The zero-order chi connectivity index (χ0) is 46.2. The lowest BCUT2D eigenvalue weighted by atomic mass is 9.96. The monoisotopic (exact) mass is 902 g/mol. The van der Waals surface area contributed by atoms with Gasteiger partial charge in [-0.3, -0.25) is 14.4 Å². The van der Waals surface area contributed by atoms with Gasteiger partial charge in [-0.25, -0.2) is 0 Å². The number of amides is 1. The maximum Gasteiger partial charge on any atom is 0.306 e. The Kier molecular flexibility index (Phi) is 23.3. The van der Waals surface area contributed by atoms with Crippen molar-refractivity contribution in [1.29, 1.82) is 0 Å².